The Labute approximate surface area is 159 Å². The molecule has 7 heteroatoms. The summed E-state index contributed by atoms with van der Waals surface area (Å²) in [5, 5.41) is 6.21. The normalized spacial score (nSPS) is 16.3. The average Bonchev–Trinajstić information content (AvgIpc) is 2.92. The molecule has 0 unspecified atom stereocenters. The highest BCUT2D eigenvalue weighted by atomic mass is 32.1. The first kappa shape index (κ1) is 18.6. The highest BCUT2D eigenvalue weighted by Gasteiger charge is 2.21. The lowest BCUT2D eigenvalue weighted by molar-refractivity contribution is 0.201. The lowest BCUT2D eigenvalue weighted by Gasteiger charge is -2.25. The van der Waals surface area contributed by atoms with Crippen molar-refractivity contribution in [1.29, 1.82) is 0 Å². The van der Waals surface area contributed by atoms with E-state index in [-0.39, 0.29) is 11.9 Å². The number of aryl methyl sites for hydroxylation is 2. The van der Waals surface area contributed by atoms with Crippen molar-refractivity contribution in [2.45, 2.75) is 33.1 Å². The Hall–Kier alpha value is -2.15. The highest BCUT2D eigenvalue weighted by molar-refractivity contribution is 7.09. The van der Waals surface area contributed by atoms with Gasteiger partial charge in [0.1, 0.15) is 0 Å². The molecule has 0 aliphatic carbocycles. The monoisotopic (exact) mass is 373 g/mol. The number of rotatable bonds is 4. The van der Waals surface area contributed by atoms with Gasteiger partial charge >= 0.3 is 6.03 Å². The zero-order chi connectivity index (χ0) is 18.5. The second-order valence-corrected chi connectivity index (χ2v) is 7.79. The van der Waals surface area contributed by atoms with Crippen molar-refractivity contribution in [2.24, 2.45) is 0 Å². The predicted molar refractivity (Wildman–Crippen MR) is 106 cm³/mol. The minimum atomic E-state index is 0.0263. The molecule has 1 aliphatic rings. The number of anilines is 1. The van der Waals surface area contributed by atoms with Gasteiger partial charge in [0.05, 0.1) is 5.01 Å². The molecule has 6 nitrogen and oxygen atoms in total. The minimum absolute atomic E-state index is 0.0263. The van der Waals surface area contributed by atoms with Crippen LogP contribution in [0.2, 0.25) is 0 Å². The van der Waals surface area contributed by atoms with Crippen molar-refractivity contribution in [3.8, 4) is 0 Å². The van der Waals surface area contributed by atoms with E-state index in [4.69, 9.17) is 0 Å². The highest BCUT2D eigenvalue weighted by Crippen LogP contribution is 2.21. The topological polar surface area (TPSA) is 61.4 Å². The largest absolute Gasteiger partial charge is 0.369 e. The van der Waals surface area contributed by atoms with Crippen LogP contribution in [0.5, 0.6) is 0 Å². The molecule has 1 aliphatic heterocycles. The van der Waals surface area contributed by atoms with E-state index in [1.54, 1.807) is 11.3 Å². The van der Waals surface area contributed by atoms with Crippen LogP contribution in [0.1, 0.15) is 35.5 Å². The zero-order valence-electron chi connectivity index (χ0n) is 15.7. The summed E-state index contributed by atoms with van der Waals surface area (Å²) in [4.78, 5) is 25.5. The summed E-state index contributed by atoms with van der Waals surface area (Å²) in [5.74, 6) is 0.237. The van der Waals surface area contributed by atoms with Crippen LogP contribution in [0.4, 0.5) is 10.5 Å². The van der Waals surface area contributed by atoms with E-state index in [2.05, 4.69) is 45.5 Å². The van der Waals surface area contributed by atoms with E-state index in [0.717, 1.165) is 43.3 Å². The molecule has 1 atom stereocenters. The standard InChI is InChI=1S/C19H27N5OS/c1-14-11-20-6-5-17(14)23-7-4-8-24(10-9-23)19(25)21-12-15(2)18-22-16(3)13-26-18/h5-6,11,13,15H,4,7-10,12H2,1-3H3,(H,21,25)/t15-/m0/s1. The SMILES string of the molecule is Cc1csc([C@@H](C)CNC(=O)N2CCCN(c3ccncc3C)CC2)n1. The quantitative estimate of drug-likeness (QED) is 0.894. The number of nitrogens with one attached hydrogen (secondary N) is 1. The molecular formula is C19H27N5OS. The maximum atomic E-state index is 12.6. The average molecular weight is 374 g/mol. The van der Waals surface area contributed by atoms with Gasteiger partial charge in [0.25, 0.3) is 0 Å². The number of carbonyl (C=O) groups is 1. The van der Waals surface area contributed by atoms with Gasteiger partial charge in [-0.2, -0.15) is 0 Å². The Kier molecular flexibility index (Phi) is 6.08. The van der Waals surface area contributed by atoms with E-state index in [9.17, 15) is 4.79 Å². The van der Waals surface area contributed by atoms with Crippen molar-refractivity contribution in [2.75, 3.05) is 37.6 Å². The number of urea groups is 1. The summed E-state index contributed by atoms with van der Waals surface area (Å²) in [5.41, 5.74) is 3.44. The van der Waals surface area contributed by atoms with Gasteiger partial charge in [-0.05, 0) is 31.9 Å². The van der Waals surface area contributed by atoms with Gasteiger partial charge in [-0.15, -0.1) is 11.3 Å². The molecule has 140 valence electrons. The van der Waals surface area contributed by atoms with Crippen molar-refractivity contribution < 1.29 is 4.79 Å². The predicted octanol–water partition coefficient (Wildman–Crippen LogP) is 3.18. The lowest BCUT2D eigenvalue weighted by Crippen LogP contribution is -2.43. The number of hydrogen-bond acceptors (Lipinski definition) is 5. The van der Waals surface area contributed by atoms with Gasteiger partial charge in [0.15, 0.2) is 0 Å². The summed E-state index contributed by atoms with van der Waals surface area (Å²) < 4.78 is 0. The lowest BCUT2D eigenvalue weighted by atomic mass is 10.2. The van der Waals surface area contributed by atoms with Crippen LogP contribution < -0.4 is 10.2 Å². The van der Waals surface area contributed by atoms with Gasteiger partial charge in [0.2, 0.25) is 0 Å². The number of nitrogens with zero attached hydrogens (tertiary/aromatic N) is 4. The molecular weight excluding hydrogens is 346 g/mol. The molecule has 0 aromatic carbocycles. The summed E-state index contributed by atoms with van der Waals surface area (Å²) in [6.45, 7) is 10.1. The van der Waals surface area contributed by atoms with Gasteiger partial charge in [-0.25, -0.2) is 9.78 Å². The number of pyridine rings is 1. The first-order valence-corrected chi connectivity index (χ1v) is 10.0. The molecule has 1 fully saturated rings. The fourth-order valence-electron chi connectivity index (χ4n) is 3.22. The fourth-order valence-corrected chi connectivity index (χ4v) is 4.08. The maximum absolute atomic E-state index is 12.6. The molecule has 2 aromatic heterocycles. The van der Waals surface area contributed by atoms with E-state index in [1.165, 1.54) is 11.3 Å². The summed E-state index contributed by atoms with van der Waals surface area (Å²) in [6, 6.07) is 2.08. The number of aromatic nitrogens is 2. The molecule has 0 saturated carbocycles. The zero-order valence-corrected chi connectivity index (χ0v) is 16.6. The third kappa shape index (κ3) is 4.52. The van der Waals surface area contributed by atoms with E-state index < -0.39 is 0 Å². The van der Waals surface area contributed by atoms with E-state index in [0.29, 0.717) is 6.54 Å². The van der Waals surface area contributed by atoms with Crippen LogP contribution in [-0.2, 0) is 0 Å². The Morgan fingerprint density at radius 3 is 2.88 bits per heavy atom. The van der Waals surface area contributed by atoms with Crippen LogP contribution in [0.25, 0.3) is 0 Å². The molecule has 0 bridgehead atoms. The molecule has 26 heavy (non-hydrogen) atoms. The Morgan fingerprint density at radius 2 is 2.15 bits per heavy atom. The molecule has 0 spiro atoms. The molecule has 1 N–H and O–H groups in total. The van der Waals surface area contributed by atoms with Crippen LogP contribution in [0.15, 0.2) is 23.8 Å². The van der Waals surface area contributed by atoms with Crippen LogP contribution in [0, 0.1) is 13.8 Å². The van der Waals surface area contributed by atoms with Crippen molar-refractivity contribution in [1.82, 2.24) is 20.2 Å². The second-order valence-electron chi connectivity index (χ2n) is 6.90. The smallest absolute Gasteiger partial charge is 0.317 e. The number of amides is 2. The van der Waals surface area contributed by atoms with Gasteiger partial charge in [-0.1, -0.05) is 6.92 Å². The summed E-state index contributed by atoms with van der Waals surface area (Å²) in [7, 11) is 0. The van der Waals surface area contributed by atoms with Crippen molar-refractivity contribution in [3.05, 3.63) is 40.1 Å². The molecule has 3 heterocycles. The third-order valence-corrected chi connectivity index (χ3v) is 5.93. The number of carbonyl (C=O) groups excluding carboxylic acids is 1. The van der Waals surface area contributed by atoms with Gasteiger partial charge in [0, 0.05) is 67.8 Å². The van der Waals surface area contributed by atoms with Crippen LogP contribution >= 0.6 is 11.3 Å². The molecule has 3 rings (SSSR count). The van der Waals surface area contributed by atoms with Gasteiger partial charge < -0.3 is 15.1 Å². The summed E-state index contributed by atoms with van der Waals surface area (Å²) in [6.07, 6.45) is 4.70. The van der Waals surface area contributed by atoms with Crippen LogP contribution in [-0.4, -0.2) is 53.6 Å². The maximum Gasteiger partial charge on any atom is 0.317 e. The van der Waals surface area contributed by atoms with Gasteiger partial charge in [-0.3, -0.25) is 4.98 Å². The third-order valence-electron chi connectivity index (χ3n) is 4.73. The van der Waals surface area contributed by atoms with E-state index >= 15 is 0 Å². The number of hydrogen-bond donors (Lipinski definition) is 1. The Morgan fingerprint density at radius 1 is 1.31 bits per heavy atom. The Bertz CT molecular complexity index is 747. The molecule has 0 radical (unpaired) electrons. The fraction of sp³-hybridized carbons (Fsp3) is 0.526. The first-order valence-electron chi connectivity index (χ1n) is 9.15. The Balaban J connectivity index is 1.52. The van der Waals surface area contributed by atoms with E-state index in [1.807, 2.05) is 24.2 Å². The molecule has 2 amide bonds. The summed E-state index contributed by atoms with van der Waals surface area (Å²) >= 11 is 1.66. The van der Waals surface area contributed by atoms with Crippen molar-refractivity contribution >= 4 is 23.1 Å². The van der Waals surface area contributed by atoms with Crippen LogP contribution in [0.3, 0.4) is 0 Å². The molecule has 2 aromatic rings. The minimum Gasteiger partial charge on any atom is -0.369 e. The first-order chi connectivity index (χ1) is 12.5. The number of thiazole rings is 1. The second kappa shape index (κ2) is 8.49. The van der Waals surface area contributed by atoms with Crippen molar-refractivity contribution in [3.63, 3.8) is 0 Å². The molecule has 1 saturated heterocycles.